The number of carbonyl (C=O) groups excluding carboxylic acids is 1. The maximum Gasteiger partial charge on any atom is 0.239 e. The van der Waals surface area contributed by atoms with Crippen LogP contribution in [0.3, 0.4) is 0 Å². The molecular formula is C22H31N3O2. The number of hydrogen-bond acceptors (Lipinski definition) is 4. The molecule has 0 spiro atoms. The fourth-order valence-electron chi connectivity index (χ4n) is 3.73. The van der Waals surface area contributed by atoms with Gasteiger partial charge in [-0.05, 0) is 39.3 Å². The van der Waals surface area contributed by atoms with Gasteiger partial charge in [-0.2, -0.15) is 0 Å². The molecule has 5 nitrogen and oxygen atoms in total. The molecule has 0 radical (unpaired) electrons. The van der Waals surface area contributed by atoms with Crippen molar-refractivity contribution in [2.24, 2.45) is 0 Å². The Hall–Kier alpha value is -2.14. The first kappa shape index (κ1) is 19.6. The van der Waals surface area contributed by atoms with Crippen LogP contribution in [0.4, 0.5) is 0 Å². The van der Waals surface area contributed by atoms with Crippen LogP contribution in [-0.4, -0.2) is 53.6 Å². The van der Waals surface area contributed by atoms with Crippen molar-refractivity contribution in [1.29, 1.82) is 0 Å². The number of likely N-dealkylation sites (tertiary alicyclic amines) is 1. The molecule has 1 aromatic carbocycles. The summed E-state index contributed by atoms with van der Waals surface area (Å²) in [6.45, 7) is 4.87. The molecular weight excluding hydrogens is 338 g/mol. The molecule has 1 fully saturated rings. The van der Waals surface area contributed by atoms with Crippen molar-refractivity contribution in [3.05, 3.63) is 42.2 Å². The molecule has 0 saturated carbocycles. The summed E-state index contributed by atoms with van der Waals surface area (Å²) in [4.78, 5) is 16.9. The Morgan fingerprint density at radius 1 is 1.19 bits per heavy atom. The van der Waals surface area contributed by atoms with Crippen LogP contribution >= 0.6 is 0 Å². The number of amides is 1. The molecule has 2 heterocycles. The summed E-state index contributed by atoms with van der Waals surface area (Å²) >= 11 is 0. The summed E-state index contributed by atoms with van der Waals surface area (Å²) in [7, 11) is 1.91. The third-order valence-electron chi connectivity index (χ3n) is 5.47. The molecule has 5 heteroatoms. The van der Waals surface area contributed by atoms with E-state index in [2.05, 4.69) is 10.1 Å². The highest BCUT2D eigenvalue weighted by molar-refractivity contribution is 5.81. The number of likely N-dealkylation sites (N-methyl/N-ethyl adjacent to an activating group) is 1. The van der Waals surface area contributed by atoms with Gasteiger partial charge in [0.2, 0.25) is 5.91 Å². The smallest absolute Gasteiger partial charge is 0.239 e. The van der Waals surface area contributed by atoms with Crippen LogP contribution < -0.4 is 0 Å². The lowest BCUT2D eigenvalue weighted by Crippen LogP contribution is -2.46. The molecule has 0 aliphatic carbocycles. The number of nitrogens with zero attached hydrogens (tertiary/aromatic N) is 3. The average molecular weight is 370 g/mol. The van der Waals surface area contributed by atoms with Crippen LogP contribution in [0, 0.1) is 0 Å². The maximum atomic E-state index is 12.7. The maximum absolute atomic E-state index is 12.7. The second-order valence-electron chi connectivity index (χ2n) is 7.53. The molecule has 1 aliphatic rings. The monoisotopic (exact) mass is 369 g/mol. The Morgan fingerprint density at radius 3 is 2.59 bits per heavy atom. The summed E-state index contributed by atoms with van der Waals surface area (Å²) < 4.78 is 5.46. The minimum atomic E-state index is -0.0249. The van der Waals surface area contributed by atoms with Gasteiger partial charge < -0.3 is 9.42 Å². The van der Waals surface area contributed by atoms with Crippen molar-refractivity contribution in [2.75, 3.05) is 26.7 Å². The Bertz CT molecular complexity index is 705. The number of aryl methyl sites for hydroxylation is 1. The summed E-state index contributed by atoms with van der Waals surface area (Å²) in [6, 6.07) is 12.0. The number of benzene rings is 1. The Labute approximate surface area is 162 Å². The van der Waals surface area contributed by atoms with Gasteiger partial charge in [-0.1, -0.05) is 48.3 Å². The van der Waals surface area contributed by atoms with Crippen LogP contribution in [-0.2, 0) is 11.2 Å². The van der Waals surface area contributed by atoms with E-state index >= 15 is 0 Å². The predicted octanol–water partition coefficient (Wildman–Crippen LogP) is 4.00. The molecule has 1 aromatic heterocycles. The number of rotatable bonds is 7. The molecule has 1 atom stereocenters. The van der Waals surface area contributed by atoms with Crippen LogP contribution in [0.5, 0.6) is 0 Å². The molecule has 1 amide bonds. The third-order valence-corrected chi connectivity index (χ3v) is 5.47. The normalized spacial score (nSPS) is 16.7. The SMILES string of the molecule is CC(C(=O)N(C)CCCc1cc(-c2ccccc2)no1)N1CCCCCC1. The molecule has 1 unspecified atom stereocenters. The lowest BCUT2D eigenvalue weighted by Gasteiger charge is -2.30. The van der Waals surface area contributed by atoms with Gasteiger partial charge in [-0.25, -0.2) is 0 Å². The topological polar surface area (TPSA) is 49.6 Å². The molecule has 3 rings (SSSR count). The average Bonchev–Trinajstić information content (AvgIpc) is 3.00. The zero-order valence-corrected chi connectivity index (χ0v) is 16.6. The molecule has 1 saturated heterocycles. The van der Waals surface area contributed by atoms with Crippen LogP contribution in [0.15, 0.2) is 40.9 Å². The van der Waals surface area contributed by atoms with Gasteiger partial charge in [0.25, 0.3) is 0 Å². The van der Waals surface area contributed by atoms with E-state index in [1.54, 1.807) is 0 Å². The van der Waals surface area contributed by atoms with E-state index in [9.17, 15) is 4.79 Å². The molecule has 0 bridgehead atoms. The fraction of sp³-hybridized carbons (Fsp3) is 0.545. The zero-order chi connectivity index (χ0) is 19.1. The number of aromatic nitrogens is 1. The predicted molar refractivity (Wildman–Crippen MR) is 107 cm³/mol. The lowest BCUT2D eigenvalue weighted by atomic mass is 10.1. The van der Waals surface area contributed by atoms with E-state index in [-0.39, 0.29) is 11.9 Å². The number of hydrogen-bond donors (Lipinski definition) is 0. The van der Waals surface area contributed by atoms with Crippen molar-refractivity contribution in [3.8, 4) is 11.3 Å². The van der Waals surface area contributed by atoms with E-state index in [1.807, 2.05) is 55.3 Å². The van der Waals surface area contributed by atoms with E-state index in [1.165, 1.54) is 25.7 Å². The van der Waals surface area contributed by atoms with Crippen molar-refractivity contribution in [2.45, 2.75) is 51.5 Å². The Kier molecular flexibility index (Phi) is 7.04. The van der Waals surface area contributed by atoms with Crippen molar-refractivity contribution >= 4 is 5.91 Å². The van der Waals surface area contributed by atoms with Crippen molar-refractivity contribution in [3.63, 3.8) is 0 Å². The Morgan fingerprint density at radius 2 is 1.89 bits per heavy atom. The van der Waals surface area contributed by atoms with Crippen molar-refractivity contribution < 1.29 is 9.32 Å². The van der Waals surface area contributed by atoms with E-state index < -0.39 is 0 Å². The highest BCUT2D eigenvalue weighted by Crippen LogP contribution is 2.19. The van der Waals surface area contributed by atoms with Gasteiger partial charge in [0, 0.05) is 31.6 Å². The van der Waals surface area contributed by atoms with Crippen molar-refractivity contribution in [1.82, 2.24) is 15.0 Å². The standard InChI is InChI=1S/C22H31N3O2/c1-18(25-15-8-3-4-9-16-25)22(26)24(2)14-10-13-20-17-21(23-27-20)19-11-6-5-7-12-19/h5-7,11-12,17-18H,3-4,8-10,13-16H2,1-2H3. The van der Waals surface area contributed by atoms with Crippen LogP contribution in [0.2, 0.25) is 0 Å². The summed E-state index contributed by atoms with van der Waals surface area (Å²) in [5.74, 6) is 1.09. The van der Waals surface area contributed by atoms with Gasteiger partial charge >= 0.3 is 0 Å². The first-order valence-corrected chi connectivity index (χ1v) is 10.1. The van der Waals surface area contributed by atoms with E-state index in [0.717, 1.165) is 49.5 Å². The first-order valence-electron chi connectivity index (χ1n) is 10.1. The summed E-state index contributed by atoms with van der Waals surface area (Å²) in [5.41, 5.74) is 1.93. The van der Waals surface area contributed by atoms with Gasteiger partial charge in [0.15, 0.2) is 0 Å². The zero-order valence-electron chi connectivity index (χ0n) is 16.6. The molecule has 1 aliphatic heterocycles. The fourth-order valence-corrected chi connectivity index (χ4v) is 3.73. The second-order valence-corrected chi connectivity index (χ2v) is 7.53. The highest BCUT2D eigenvalue weighted by atomic mass is 16.5. The van der Waals surface area contributed by atoms with E-state index in [0.29, 0.717) is 0 Å². The van der Waals surface area contributed by atoms with Gasteiger partial charge in [-0.3, -0.25) is 9.69 Å². The third kappa shape index (κ3) is 5.42. The number of carbonyl (C=O) groups is 1. The molecule has 0 N–H and O–H groups in total. The summed E-state index contributed by atoms with van der Waals surface area (Å²) in [6.07, 6.45) is 6.64. The molecule has 146 valence electrons. The first-order chi connectivity index (χ1) is 13.1. The lowest BCUT2D eigenvalue weighted by molar-refractivity contribution is -0.135. The largest absolute Gasteiger partial charge is 0.361 e. The van der Waals surface area contributed by atoms with E-state index in [4.69, 9.17) is 4.52 Å². The minimum Gasteiger partial charge on any atom is -0.361 e. The van der Waals surface area contributed by atoms with Crippen LogP contribution in [0.1, 0.15) is 44.8 Å². The summed E-state index contributed by atoms with van der Waals surface area (Å²) in [5, 5.41) is 4.16. The quantitative estimate of drug-likeness (QED) is 0.740. The molecule has 27 heavy (non-hydrogen) atoms. The highest BCUT2D eigenvalue weighted by Gasteiger charge is 2.24. The van der Waals surface area contributed by atoms with Gasteiger partial charge in [0.1, 0.15) is 11.5 Å². The minimum absolute atomic E-state index is 0.0249. The van der Waals surface area contributed by atoms with Gasteiger partial charge in [-0.15, -0.1) is 0 Å². The second kappa shape index (κ2) is 9.70. The molecule has 2 aromatic rings. The Balaban J connectivity index is 1.45. The van der Waals surface area contributed by atoms with Gasteiger partial charge in [0.05, 0.1) is 6.04 Å². The van der Waals surface area contributed by atoms with Crippen LogP contribution in [0.25, 0.3) is 11.3 Å².